The number of rotatable bonds is 2. The molecule has 0 spiro atoms. The van der Waals surface area contributed by atoms with Gasteiger partial charge in [0.05, 0.1) is 0 Å². The van der Waals surface area contributed by atoms with Crippen molar-refractivity contribution in [1.82, 2.24) is 5.32 Å². The molecule has 1 nitrogen and oxygen atoms in total. The molecule has 0 saturated carbocycles. The van der Waals surface area contributed by atoms with E-state index in [9.17, 15) is 0 Å². The first-order valence-corrected chi connectivity index (χ1v) is 5.94. The molecule has 0 aromatic carbocycles. The van der Waals surface area contributed by atoms with Gasteiger partial charge in [-0.25, -0.2) is 0 Å². The second-order valence-corrected chi connectivity index (χ2v) is 5.91. The summed E-state index contributed by atoms with van der Waals surface area (Å²) in [5.74, 6) is 1.30. The summed E-state index contributed by atoms with van der Waals surface area (Å²) in [4.78, 5) is 0. The smallest absolute Gasteiger partial charge is 0.0168 e. The predicted octanol–water partition coefficient (Wildman–Crippen LogP) is 2.52. The van der Waals surface area contributed by atoms with E-state index >= 15 is 0 Å². The molecule has 0 bridgehead atoms. The van der Waals surface area contributed by atoms with E-state index in [1.165, 1.54) is 12.2 Å². The van der Waals surface area contributed by atoms with Crippen LogP contribution in [0.3, 0.4) is 0 Å². The van der Waals surface area contributed by atoms with Gasteiger partial charge in [-0.2, -0.15) is 11.8 Å². The van der Waals surface area contributed by atoms with E-state index in [0.29, 0.717) is 5.41 Å². The normalized spacial score (nSPS) is 31.0. The molecule has 1 aliphatic rings. The van der Waals surface area contributed by atoms with E-state index < -0.39 is 0 Å². The monoisotopic (exact) mass is 187 g/mol. The molecule has 1 fully saturated rings. The van der Waals surface area contributed by atoms with E-state index in [1.807, 2.05) is 0 Å². The molecule has 2 atom stereocenters. The zero-order valence-electron chi connectivity index (χ0n) is 8.68. The van der Waals surface area contributed by atoms with E-state index in [1.54, 1.807) is 0 Å². The molecule has 2 unspecified atom stereocenters. The maximum Gasteiger partial charge on any atom is 0.0168 e. The summed E-state index contributed by atoms with van der Waals surface area (Å²) in [5, 5.41) is 4.37. The standard InChI is InChI=1S/C10H21NS/c1-5-11-8-6-9(12-7-8)10(2,3)4/h8-9,11H,5-7H2,1-4H3. The summed E-state index contributed by atoms with van der Waals surface area (Å²) in [6.45, 7) is 10.3. The second kappa shape index (κ2) is 4.01. The summed E-state index contributed by atoms with van der Waals surface area (Å²) >= 11 is 2.13. The predicted molar refractivity (Wildman–Crippen MR) is 57.8 cm³/mol. The zero-order chi connectivity index (χ0) is 9.19. The van der Waals surface area contributed by atoms with Gasteiger partial charge in [0.2, 0.25) is 0 Å². The third-order valence-corrected chi connectivity index (χ3v) is 4.35. The molecule has 2 heteroatoms. The van der Waals surface area contributed by atoms with Crippen molar-refractivity contribution in [3.8, 4) is 0 Å². The van der Waals surface area contributed by atoms with Crippen molar-refractivity contribution in [3.63, 3.8) is 0 Å². The highest BCUT2D eigenvalue weighted by Crippen LogP contribution is 2.39. The van der Waals surface area contributed by atoms with Gasteiger partial charge in [0, 0.05) is 17.0 Å². The Balaban J connectivity index is 2.35. The average molecular weight is 187 g/mol. The largest absolute Gasteiger partial charge is 0.313 e. The van der Waals surface area contributed by atoms with Crippen LogP contribution in [0.2, 0.25) is 0 Å². The third-order valence-electron chi connectivity index (χ3n) is 2.46. The highest BCUT2D eigenvalue weighted by Gasteiger charge is 2.32. The molecule has 0 aliphatic carbocycles. The molecule has 1 heterocycles. The van der Waals surface area contributed by atoms with E-state index in [4.69, 9.17) is 0 Å². The van der Waals surface area contributed by atoms with Crippen LogP contribution < -0.4 is 5.32 Å². The minimum atomic E-state index is 0.481. The summed E-state index contributed by atoms with van der Waals surface area (Å²) in [6, 6.07) is 0.768. The number of thioether (sulfide) groups is 1. The lowest BCUT2D eigenvalue weighted by atomic mass is 9.88. The molecule has 0 aromatic rings. The van der Waals surface area contributed by atoms with Crippen LogP contribution in [0.25, 0.3) is 0 Å². The summed E-state index contributed by atoms with van der Waals surface area (Å²) in [7, 11) is 0. The lowest BCUT2D eigenvalue weighted by Gasteiger charge is -2.26. The van der Waals surface area contributed by atoms with Gasteiger partial charge in [0.15, 0.2) is 0 Å². The highest BCUT2D eigenvalue weighted by atomic mass is 32.2. The van der Waals surface area contributed by atoms with Crippen LogP contribution in [0.4, 0.5) is 0 Å². The molecular weight excluding hydrogens is 166 g/mol. The van der Waals surface area contributed by atoms with Crippen molar-refractivity contribution in [2.24, 2.45) is 5.41 Å². The molecule has 1 rings (SSSR count). The first-order chi connectivity index (χ1) is 5.54. The van der Waals surface area contributed by atoms with Gasteiger partial charge in [-0.05, 0) is 18.4 Å². The van der Waals surface area contributed by atoms with Crippen molar-refractivity contribution in [3.05, 3.63) is 0 Å². The van der Waals surface area contributed by atoms with Crippen LogP contribution in [0.5, 0.6) is 0 Å². The van der Waals surface area contributed by atoms with Crippen molar-refractivity contribution in [2.45, 2.75) is 45.4 Å². The molecule has 12 heavy (non-hydrogen) atoms. The molecule has 72 valence electrons. The molecule has 1 N–H and O–H groups in total. The minimum Gasteiger partial charge on any atom is -0.313 e. The van der Waals surface area contributed by atoms with Gasteiger partial charge in [0.25, 0.3) is 0 Å². The fraction of sp³-hybridized carbons (Fsp3) is 1.00. The Kier molecular flexibility index (Phi) is 3.47. The highest BCUT2D eigenvalue weighted by molar-refractivity contribution is 8.00. The Morgan fingerprint density at radius 2 is 2.08 bits per heavy atom. The molecule has 1 saturated heterocycles. The Morgan fingerprint density at radius 1 is 1.42 bits per heavy atom. The van der Waals surface area contributed by atoms with Crippen LogP contribution in [0.1, 0.15) is 34.1 Å². The maximum atomic E-state index is 3.53. The quantitative estimate of drug-likeness (QED) is 0.713. The Morgan fingerprint density at radius 3 is 2.50 bits per heavy atom. The topological polar surface area (TPSA) is 12.0 Å². The molecule has 0 radical (unpaired) electrons. The van der Waals surface area contributed by atoms with Gasteiger partial charge >= 0.3 is 0 Å². The zero-order valence-corrected chi connectivity index (χ0v) is 9.50. The Labute approximate surface area is 80.7 Å². The van der Waals surface area contributed by atoms with E-state index in [-0.39, 0.29) is 0 Å². The first-order valence-electron chi connectivity index (χ1n) is 4.89. The third kappa shape index (κ3) is 2.67. The van der Waals surface area contributed by atoms with Crippen LogP contribution in [-0.2, 0) is 0 Å². The van der Waals surface area contributed by atoms with Crippen molar-refractivity contribution in [1.29, 1.82) is 0 Å². The number of nitrogens with one attached hydrogen (secondary N) is 1. The van der Waals surface area contributed by atoms with Crippen molar-refractivity contribution < 1.29 is 0 Å². The second-order valence-electron chi connectivity index (χ2n) is 4.68. The van der Waals surface area contributed by atoms with Gasteiger partial charge < -0.3 is 5.32 Å². The lowest BCUT2D eigenvalue weighted by molar-refractivity contribution is 0.367. The number of hydrogen-bond acceptors (Lipinski definition) is 2. The van der Waals surface area contributed by atoms with E-state index in [0.717, 1.165) is 17.8 Å². The molecular formula is C10H21NS. The fourth-order valence-electron chi connectivity index (χ4n) is 1.66. The summed E-state index contributed by atoms with van der Waals surface area (Å²) in [6.07, 6.45) is 1.35. The van der Waals surface area contributed by atoms with Gasteiger partial charge in [-0.1, -0.05) is 27.7 Å². The molecule has 1 aliphatic heterocycles. The van der Waals surface area contributed by atoms with Gasteiger partial charge in [0.1, 0.15) is 0 Å². The maximum absolute atomic E-state index is 3.53. The average Bonchev–Trinajstić information content (AvgIpc) is 2.35. The number of hydrogen-bond donors (Lipinski definition) is 1. The summed E-state index contributed by atoms with van der Waals surface area (Å²) < 4.78 is 0. The summed E-state index contributed by atoms with van der Waals surface area (Å²) in [5.41, 5.74) is 0.481. The van der Waals surface area contributed by atoms with Gasteiger partial charge in [-0.15, -0.1) is 0 Å². The Hall–Kier alpha value is 0.310. The van der Waals surface area contributed by atoms with E-state index in [2.05, 4.69) is 44.8 Å². The van der Waals surface area contributed by atoms with Gasteiger partial charge in [-0.3, -0.25) is 0 Å². The SMILES string of the molecule is CCNC1CSC(C(C)(C)C)C1. The fourth-order valence-corrected chi connectivity index (χ4v) is 3.25. The molecule has 0 amide bonds. The molecule has 0 aromatic heterocycles. The van der Waals surface area contributed by atoms with Crippen LogP contribution in [0.15, 0.2) is 0 Å². The lowest BCUT2D eigenvalue weighted by Crippen LogP contribution is -2.30. The van der Waals surface area contributed by atoms with Crippen molar-refractivity contribution in [2.75, 3.05) is 12.3 Å². The first kappa shape index (κ1) is 10.4. The van der Waals surface area contributed by atoms with Crippen LogP contribution in [0, 0.1) is 5.41 Å². The van der Waals surface area contributed by atoms with Crippen LogP contribution in [-0.4, -0.2) is 23.6 Å². The van der Waals surface area contributed by atoms with Crippen LogP contribution >= 0.6 is 11.8 Å². The minimum absolute atomic E-state index is 0.481. The Bertz CT molecular complexity index is 139. The van der Waals surface area contributed by atoms with Crippen molar-refractivity contribution >= 4 is 11.8 Å².